The Morgan fingerprint density at radius 1 is 1.60 bits per heavy atom. The number of oxazole rings is 1. The van der Waals surface area contributed by atoms with E-state index in [4.69, 9.17) is 9.52 Å². The van der Waals surface area contributed by atoms with Crippen molar-refractivity contribution in [2.24, 2.45) is 0 Å². The summed E-state index contributed by atoms with van der Waals surface area (Å²) in [5, 5.41) is 11.2. The van der Waals surface area contributed by atoms with Crippen molar-refractivity contribution < 1.29 is 14.3 Å². The normalized spacial score (nSPS) is 10.4. The third-order valence-electron chi connectivity index (χ3n) is 1.78. The summed E-state index contributed by atoms with van der Waals surface area (Å²) in [6.45, 7) is 0.280. The van der Waals surface area contributed by atoms with Crippen molar-refractivity contribution in [3.63, 3.8) is 0 Å². The number of anilines is 1. The lowest BCUT2D eigenvalue weighted by molar-refractivity contribution is -0.136. The number of carbonyl (C=O) groups is 1. The Morgan fingerprint density at radius 2 is 2.47 bits per heavy atom. The van der Waals surface area contributed by atoms with E-state index >= 15 is 0 Å². The molecule has 0 unspecified atom stereocenters. The van der Waals surface area contributed by atoms with E-state index in [1.807, 2.05) is 0 Å². The van der Waals surface area contributed by atoms with Crippen molar-refractivity contribution in [1.29, 1.82) is 0 Å². The summed E-state index contributed by atoms with van der Waals surface area (Å²) in [5.74, 6) is -0.864. The molecular formula is C9H9N3O3. The Morgan fingerprint density at radius 3 is 3.20 bits per heavy atom. The minimum Gasteiger partial charge on any atom is -0.481 e. The minimum atomic E-state index is -0.864. The minimum absolute atomic E-state index is 0.0200. The molecule has 0 aromatic carbocycles. The Labute approximate surface area is 84.9 Å². The molecule has 0 atom stereocenters. The van der Waals surface area contributed by atoms with E-state index in [1.165, 1.54) is 0 Å². The summed E-state index contributed by atoms with van der Waals surface area (Å²) >= 11 is 0. The highest BCUT2D eigenvalue weighted by Gasteiger charge is 2.05. The van der Waals surface area contributed by atoms with Gasteiger partial charge in [-0.25, -0.2) is 4.98 Å². The van der Waals surface area contributed by atoms with Gasteiger partial charge in [0, 0.05) is 12.7 Å². The number of aromatic nitrogens is 2. The molecular weight excluding hydrogens is 198 g/mol. The average Bonchev–Trinajstić information content (AvgIpc) is 2.59. The second-order valence-electron chi connectivity index (χ2n) is 2.92. The van der Waals surface area contributed by atoms with Crippen LogP contribution in [0.15, 0.2) is 22.7 Å². The highest BCUT2D eigenvalue weighted by molar-refractivity contribution is 5.70. The van der Waals surface area contributed by atoms with E-state index in [0.717, 1.165) is 0 Å². The van der Waals surface area contributed by atoms with Gasteiger partial charge in [-0.15, -0.1) is 0 Å². The highest BCUT2D eigenvalue weighted by atomic mass is 16.4. The van der Waals surface area contributed by atoms with E-state index in [2.05, 4.69) is 15.3 Å². The lowest BCUT2D eigenvalue weighted by Crippen LogP contribution is -2.07. The first-order valence-corrected chi connectivity index (χ1v) is 4.43. The van der Waals surface area contributed by atoms with Crippen LogP contribution in [0.2, 0.25) is 0 Å². The van der Waals surface area contributed by atoms with Crippen LogP contribution in [0.3, 0.4) is 0 Å². The number of pyridine rings is 1. The van der Waals surface area contributed by atoms with Gasteiger partial charge in [0.05, 0.1) is 6.42 Å². The van der Waals surface area contributed by atoms with Gasteiger partial charge < -0.3 is 14.8 Å². The summed E-state index contributed by atoms with van der Waals surface area (Å²) < 4.78 is 5.22. The van der Waals surface area contributed by atoms with Crippen molar-refractivity contribution in [2.75, 3.05) is 11.9 Å². The molecule has 2 N–H and O–H groups in total. The maximum absolute atomic E-state index is 10.3. The quantitative estimate of drug-likeness (QED) is 0.780. The Bertz CT molecular complexity index is 447. The maximum Gasteiger partial charge on any atom is 0.305 e. The monoisotopic (exact) mass is 207 g/mol. The van der Waals surface area contributed by atoms with Crippen molar-refractivity contribution in [2.45, 2.75) is 6.42 Å². The summed E-state index contributed by atoms with van der Waals surface area (Å²) in [6, 6.07) is 3.82. The second-order valence-corrected chi connectivity index (χ2v) is 2.92. The molecule has 78 valence electrons. The molecule has 0 saturated carbocycles. The fourth-order valence-corrected chi connectivity index (χ4v) is 1.12. The number of aliphatic carboxylic acids is 1. The van der Waals surface area contributed by atoms with E-state index in [-0.39, 0.29) is 13.0 Å². The zero-order valence-corrected chi connectivity index (χ0v) is 7.80. The molecule has 2 aromatic rings. The lowest BCUT2D eigenvalue weighted by Gasteiger charge is -1.96. The summed E-state index contributed by atoms with van der Waals surface area (Å²) in [6.07, 6.45) is 1.63. The molecule has 0 radical (unpaired) electrons. The fraction of sp³-hybridized carbons (Fsp3) is 0.222. The Hall–Kier alpha value is -2.11. The number of carboxylic acid groups (broad SMARTS) is 1. The Balaban J connectivity index is 2.05. The van der Waals surface area contributed by atoms with Gasteiger partial charge in [0.2, 0.25) is 5.71 Å². The maximum atomic E-state index is 10.3. The standard InChI is InChI=1S/C9H9N3O3/c13-7(14)3-5-11-9-12-6-2-1-4-10-8(6)15-9/h1-2,4H,3,5H2,(H,11,12)(H,13,14). The molecule has 0 aliphatic carbocycles. The number of rotatable bonds is 4. The first-order valence-electron chi connectivity index (χ1n) is 4.43. The van der Waals surface area contributed by atoms with Crippen LogP contribution in [0.4, 0.5) is 6.01 Å². The van der Waals surface area contributed by atoms with Crippen LogP contribution in [0.5, 0.6) is 0 Å². The number of nitrogens with zero attached hydrogens (tertiary/aromatic N) is 2. The molecule has 2 heterocycles. The molecule has 15 heavy (non-hydrogen) atoms. The topological polar surface area (TPSA) is 88.2 Å². The van der Waals surface area contributed by atoms with Crippen LogP contribution < -0.4 is 5.32 Å². The van der Waals surface area contributed by atoms with E-state index in [9.17, 15) is 4.79 Å². The molecule has 0 spiro atoms. The number of fused-ring (bicyclic) bond motifs is 1. The molecule has 6 nitrogen and oxygen atoms in total. The van der Waals surface area contributed by atoms with E-state index in [1.54, 1.807) is 18.3 Å². The van der Waals surface area contributed by atoms with Crippen LogP contribution in [0, 0.1) is 0 Å². The molecule has 0 bridgehead atoms. The van der Waals surface area contributed by atoms with Crippen LogP contribution >= 0.6 is 0 Å². The van der Waals surface area contributed by atoms with Gasteiger partial charge in [0.1, 0.15) is 5.52 Å². The van der Waals surface area contributed by atoms with Crippen LogP contribution in [0.1, 0.15) is 6.42 Å². The molecule has 2 rings (SSSR count). The van der Waals surface area contributed by atoms with E-state index < -0.39 is 5.97 Å². The molecule has 6 heteroatoms. The average molecular weight is 207 g/mol. The van der Waals surface area contributed by atoms with Crippen molar-refractivity contribution in [3.05, 3.63) is 18.3 Å². The first kappa shape index (κ1) is 9.45. The summed E-state index contributed by atoms with van der Waals surface area (Å²) in [4.78, 5) is 18.3. The SMILES string of the molecule is O=C(O)CCNc1nc2cccnc2o1. The van der Waals surface area contributed by atoms with Crippen LogP contribution in [-0.4, -0.2) is 27.6 Å². The summed E-state index contributed by atoms with van der Waals surface area (Å²) in [5.41, 5.74) is 1.09. The molecule has 0 aliphatic heterocycles. The largest absolute Gasteiger partial charge is 0.481 e. The third-order valence-corrected chi connectivity index (χ3v) is 1.78. The smallest absolute Gasteiger partial charge is 0.305 e. The van der Waals surface area contributed by atoms with Gasteiger partial charge in [0.15, 0.2) is 0 Å². The first-order chi connectivity index (χ1) is 7.25. The number of nitrogens with one attached hydrogen (secondary N) is 1. The molecule has 0 fully saturated rings. The molecule has 0 aliphatic rings. The van der Waals surface area contributed by atoms with Crippen LogP contribution in [-0.2, 0) is 4.79 Å². The molecule has 2 aromatic heterocycles. The van der Waals surface area contributed by atoms with Gasteiger partial charge in [-0.1, -0.05) is 0 Å². The van der Waals surface area contributed by atoms with Gasteiger partial charge in [0.25, 0.3) is 6.01 Å². The Kier molecular flexibility index (Phi) is 2.49. The number of carboxylic acids is 1. The third kappa shape index (κ3) is 2.22. The zero-order valence-electron chi connectivity index (χ0n) is 7.80. The van der Waals surface area contributed by atoms with Crippen molar-refractivity contribution in [3.8, 4) is 0 Å². The van der Waals surface area contributed by atoms with Gasteiger partial charge in [-0.2, -0.15) is 4.98 Å². The highest BCUT2D eigenvalue weighted by Crippen LogP contribution is 2.15. The number of hydrogen-bond donors (Lipinski definition) is 2. The van der Waals surface area contributed by atoms with Gasteiger partial charge in [-0.3, -0.25) is 4.79 Å². The van der Waals surface area contributed by atoms with Gasteiger partial charge >= 0.3 is 5.97 Å². The van der Waals surface area contributed by atoms with E-state index in [0.29, 0.717) is 17.2 Å². The zero-order chi connectivity index (χ0) is 10.7. The van der Waals surface area contributed by atoms with Gasteiger partial charge in [-0.05, 0) is 12.1 Å². The fourth-order valence-electron chi connectivity index (χ4n) is 1.12. The second kappa shape index (κ2) is 3.95. The number of hydrogen-bond acceptors (Lipinski definition) is 5. The predicted molar refractivity (Wildman–Crippen MR) is 52.5 cm³/mol. The van der Waals surface area contributed by atoms with Crippen LogP contribution in [0.25, 0.3) is 11.2 Å². The predicted octanol–water partition coefficient (Wildman–Crippen LogP) is 1.11. The molecule has 0 saturated heterocycles. The van der Waals surface area contributed by atoms with Crippen molar-refractivity contribution >= 4 is 23.2 Å². The lowest BCUT2D eigenvalue weighted by atomic mass is 10.4. The van der Waals surface area contributed by atoms with Crippen molar-refractivity contribution in [1.82, 2.24) is 9.97 Å². The summed E-state index contributed by atoms with van der Waals surface area (Å²) in [7, 11) is 0. The molecule has 0 amide bonds.